The molecule has 1 saturated heterocycles. The summed E-state index contributed by atoms with van der Waals surface area (Å²) in [4.78, 5) is 31.7. The van der Waals surface area contributed by atoms with Crippen LogP contribution in [0.5, 0.6) is 0 Å². The first kappa shape index (κ1) is 8.82. The molecule has 0 aromatic heterocycles. The van der Waals surface area contributed by atoms with Crippen LogP contribution < -0.4 is 0 Å². The van der Waals surface area contributed by atoms with Gasteiger partial charge in [0.05, 0.1) is 6.61 Å². The van der Waals surface area contributed by atoms with Crippen LogP contribution in [0.25, 0.3) is 0 Å². The van der Waals surface area contributed by atoms with Gasteiger partial charge >= 0.3 is 11.8 Å². The van der Waals surface area contributed by atoms with Gasteiger partial charge in [0.1, 0.15) is 6.10 Å². The van der Waals surface area contributed by atoms with Gasteiger partial charge in [0, 0.05) is 0 Å². The Morgan fingerprint density at radius 1 is 1.42 bits per heavy atom. The van der Waals surface area contributed by atoms with E-state index in [1.54, 1.807) is 0 Å². The number of ether oxygens (including phenoxy) is 1. The van der Waals surface area contributed by atoms with E-state index in [9.17, 15) is 14.4 Å². The number of carbonyl (C=O) groups excluding carboxylic acids is 3. The molecule has 1 heterocycles. The second-order valence-corrected chi connectivity index (χ2v) is 2.27. The summed E-state index contributed by atoms with van der Waals surface area (Å²) in [6.07, 6.45) is -3.05. The molecule has 12 heavy (non-hydrogen) atoms. The van der Waals surface area contributed by atoms with Gasteiger partial charge in [-0.3, -0.25) is 9.59 Å². The third kappa shape index (κ3) is 1.21. The Morgan fingerprint density at radius 3 is 2.33 bits per heavy atom. The van der Waals surface area contributed by atoms with E-state index in [0.29, 0.717) is 0 Å². The van der Waals surface area contributed by atoms with Gasteiger partial charge in [-0.25, -0.2) is 4.79 Å². The minimum atomic E-state index is -1.53. The highest BCUT2D eigenvalue weighted by atomic mass is 16.6. The second kappa shape index (κ2) is 3.00. The van der Waals surface area contributed by atoms with Gasteiger partial charge in [-0.15, -0.1) is 0 Å². The van der Waals surface area contributed by atoms with Crippen LogP contribution >= 0.6 is 0 Å². The molecule has 0 saturated carbocycles. The van der Waals surface area contributed by atoms with Crippen LogP contribution in [0.15, 0.2) is 0 Å². The monoisotopic (exact) mass is 174 g/mol. The van der Waals surface area contributed by atoms with Gasteiger partial charge in [-0.05, 0) is 0 Å². The number of rotatable bonds is 2. The minimum absolute atomic E-state index is 0.739. The Labute approximate surface area is 66.7 Å². The highest BCUT2D eigenvalue weighted by molar-refractivity contribution is 6.65. The van der Waals surface area contributed by atoms with Gasteiger partial charge in [0.2, 0.25) is 0 Å². The number of Topliss-reactive ketones (excluding diaryl/α,β-unsaturated/α-hetero) is 2. The maximum Gasteiger partial charge on any atom is 0.383 e. The molecular weight excluding hydrogens is 168 g/mol. The molecule has 1 aliphatic rings. The Bertz CT molecular complexity index is 244. The quantitative estimate of drug-likeness (QED) is 0.351. The molecule has 0 aliphatic carbocycles. The molecule has 0 radical (unpaired) electrons. The van der Waals surface area contributed by atoms with Crippen LogP contribution in [0, 0.1) is 0 Å². The number of esters is 1. The molecule has 0 bridgehead atoms. The van der Waals surface area contributed by atoms with Gasteiger partial charge < -0.3 is 14.9 Å². The van der Waals surface area contributed by atoms with Crippen LogP contribution in [0.2, 0.25) is 0 Å². The number of hydrogen-bond donors (Lipinski definition) is 2. The smallest absolute Gasteiger partial charge is 0.383 e. The van der Waals surface area contributed by atoms with Gasteiger partial charge in [0.25, 0.3) is 5.78 Å². The van der Waals surface area contributed by atoms with E-state index in [1.807, 2.05) is 0 Å². The molecule has 1 unspecified atom stereocenters. The number of ketones is 2. The first-order valence-electron chi connectivity index (χ1n) is 3.16. The van der Waals surface area contributed by atoms with E-state index < -0.39 is 36.4 Å². The van der Waals surface area contributed by atoms with Crippen molar-refractivity contribution in [1.82, 2.24) is 0 Å². The summed E-state index contributed by atoms with van der Waals surface area (Å²) in [5.41, 5.74) is 0. The van der Waals surface area contributed by atoms with Crippen LogP contribution in [0.4, 0.5) is 0 Å². The predicted molar refractivity (Wildman–Crippen MR) is 33.0 cm³/mol. The maximum atomic E-state index is 10.7. The van der Waals surface area contributed by atoms with Crippen molar-refractivity contribution in [2.75, 3.05) is 6.61 Å². The van der Waals surface area contributed by atoms with E-state index in [2.05, 4.69) is 4.74 Å². The summed E-state index contributed by atoms with van der Waals surface area (Å²) in [5, 5.41) is 17.2. The van der Waals surface area contributed by atoms with Gasteiger partial charge in [0.15, 0.2) is 6.10 Å². The minimum Gasteiger partial charge on any atom is -0.445 e. The van der Waals surface area contributed by atoms with Crippen LogP contribution in [-0.2, 0) is 19.1 Å². The Morgan fingerprint density at radius 2 is 2.00 bits per heavy atom. The SMILES string of the molecule is O=C1O[C@H](C(O)CO)C(=O)C1=O. The molecule has 0 aromatic rings. The molecule has 0 spiro atoms. The summed E-state index contributed by atoms with van der Waals surface area (Å²) in [6.45, 7) is -0.739. The summed E-state index contributed by atoms with van der Waals surface area (Å²) in [6, 6.07) is 0. The lowest BCUT2D eigenvalue weighted by atomic mass is 10.1. The number of carbonyl (C=O) groups is 3. The molecule has 0 amide bonds. The fourth-order valence-corrected chi connectivity index (χ4v) is 0.801. The number of cyclic esters (lactones) is 1. The second-order valence-electron chi connectivity index (χ2n) is 2.27. The Balaban J connectivity index is 2.78. The van der Waals surface area contributed by atoms with E-state index in [1.165, 1.54) is 0 Å². The zero-order valence-electron chi connectivity index (χ0n) is 5.89. The van der Waals surface area contributed by atoms with Crippen molar-refractivity contribution in [1.29, 1.82) is 0 Å². The normalized spacial score (nSPS) is 25.8. The zero-order chi connectivity index (χ0) is 9.30. The average Bonchev–Trinajstić information content (AvgIpc) is 2.32. The molecule has 66 valence electrons. The molecule has 6 heteroatoms. The van der Waals surface area contributed by atoms with Crippen molar-refractivity contribution in [2.24, 2.45) is 0 Å². The van der Waals surface area contributed by atoms with Gasteiger partial charge in [-0.1, -0.05) is 0 Å². The van der Waals surface area contributed by atoms with Crippen molar-refractivity contribution in [3.63, 3.8) is 0 Å². The maximum absolute atomic E-state index is 10.7. The lowest BCUT2D eigenvalue weighted by Gasteiger charge is -2.10. The number of aliphatic hydroxyl groups is 2. The molecule has 2 N–H and O–H groups in total. The predicted octanol–water partition coefficient (Wildman–Crippen LogP) is -2.60. The van der Waals surface area contributed by atoms with Crippen molar-refractivity contribution < 1.29 is 29.3 Å². The number of aliphatic hydroxyl groups excluding tert-OH is 2. The lowest BCUT2D eigenvalue weighted by Crippen LogP contribution is -2.35. The highest BCUT2D eigenvalue weighted by Crippen LogP contribution is 2.10. The average molecular weight is 174 g/mol. The van der Waals surface area contributed by atoms with Crippen molar-refractivity contribution in [2.45, 2.75) is 12.2 Å². The Hall–Kier alpha value is -1.27. The van der Waals surface area contributed by atoms with Crippen LogP contribution in [0.3, 0.4) is 0 Å². The fraction of sp³-hybridized carbons (Fsp3) is 0.500. The summed E-state index contributed by atoms with van der Waals surface area (Å²) < 4.78 is 4.19. The fourth-order valence-electron chi connectivity index (χ4n) is 0.801. The highest BCUT2D eigenvalue weighted by Gasteiger charge is 2.45. The molecule has 1 fully saturated rings. The first-order valence-corrected chi connectivity index (χ1v) is 3.16. The first-order chi connectivity index (χ1) is 5.57. The molecule has 0 aromatic carbocycles. The lowest BCUT2D eigenvalue weighted by molar-refractivity contribution is -0.152. The van der Waals surface area contributed by atoms with E-state index >= 15 is 0 Å². The molecule has 2 atom stereocenters. The molecule has 1 rings (SSSR count). The van der Waals surface area contributed by atoms with E-state index in [0.717, 1.165) is 0 Å². The topological polar surface area (TPSA) is 101 Å². The van der Waals surface area contributed by atoms with Crippen molar-refractivity contribution >= 4 is 17.5 Å². The standard InChI is InChI=1S/C6H6O6/c7-1-2(8)5-3(9)4(10)6(11)12-5/h2,5,7-8H,1H2/t2?,5-/m1/s1. The van der Waals surface area contributed by atoms with Crippen molar-refractivity contribution in [3.05, 3.63) is 0 Å². The zero-order valence-corrected chi connectivity index (χ0v) is 5.89. The summed E-state index contributed by atoms with van der Waals surface area (Å²) in [5.74, 6) is -3.67. The molecule has 6 nitrogen and oxygen atoms in total. The third-order valence-electron chi connectivity index (χ3n) is 1.44. The number of hydrogen-bond acceptors (Lipinski definition) is 6. The van der Waals surface area contributed by atoms with Gasteiger partial charge in [-0.2, -0.15) is 0 Å². The third-order valence-corrected chi connectivity index (χ3v) is 1.44. The van der Waals surface area contributed by atoms with Crippen LogP contribution in [0.1, 0.15) is 0 Å². The largest absolute Gasteiger partial charge is 0.445 e. The summed E-state index contributed by atoms with van der Waals surface area (Å²) in [7, 11) is 0. The molecular formula is C6H6O6. The van der Waals surface area contributed by atoms with Crippen LogP contribution in [-0.4, -0.2) is 46.6 Å². The van der Waals surface area contributed by atoms with E-state index in [-0.39, 0.29) is 0 Å². The Kier molecular flexibility index (Phi) is 2.20. The van der Waals surface area contributed by atoms with Crippen molar-refractivity contribution in [3.8, 4) is 0 Å². The molecule has 1 aliphatic heterocycles. The van der Waals surface area contributed by atoms with E-state index in [4.69, 9.17) is 10.2 Å². The summed E-state index contributed by atoms with van der Waals surface area (Å²) >= 11 is 0.